The monoisotopic (exact) mass is 550 g/mol. The summed E-state index contributed by atoms with van der Waals surface area (Å²) in [6, 6.07) is 2.79. The van der Waals surface area contributed by atoms with Crippen LogP contribution in [0, 0.1) is 0 Å². The normalized spacial score (nSPS) is 14.1. The Bertz CT molecular complexity index is 689. The molecule has 158 valence electrons. The van der Waals surface area contributed by atoms with Crippen molar-refractivity contribution in [2.45, 2.75) is 32.9 Å². The van der Waals surface area contributed by atoms with E-state index in [9.17, 15) is 13.6 Å². The first-order chi connectivity index (χ1) is 12.9. The molecular weight excluding hydrogens is 528 g/mol. The number of halogens is 5. The molecule has 0 bridgehead atoms. The fraction of sp³-hybridized carbons (Fsp3) is 0.529. The van der Waals surface area contributed by atoms with E-state index < -0.39 is 6.61 Å². The molecule has 0 spiro atoms. The van der Waals surface area contributed by atoms with E-state index in [1.54, 1.807) is 4.90 Å². The number of rotatable bonds is 7. The van der Waals surface area contributed by atoms with Crippen molar-refractivity contribution in [1.29, 1.82) is 0 Å². The molecular formula is C17H23Cl2F2IN4O2. The van der Waals surface area contributed by atoms with Gasteiger partial charge in [-0.1, -0.05) is 23.2 Å². The Hall–Kier alpha value is -1.07. The van der Waals surface area contributed by atoms with Crippen LogP contribution < -0.4 is 15.4 Å². The van der Waals surface area contributed by atoms with Gasteiger partial charge in [-0.05, 0) is 31.9 Å². The lowest BCUT2D eigenvalue weighted by atomic mass is 10.2. The van der Waals surface area contributed by atoms with Crippen LogP contribution in [0.5, 0.6) is 5.75 Å². The van der Waals surface area contributed by atoms with Crippen molar-refractivity contribution in [2.75, 3.05) is 26.2 Å². The minimum atomic E-state index is -3.02. The SMILES string of the molecule is CCNC(=NCc1cc(Cl)cc(Cl)c1OC(F)F)NCC(=O)N1CCCC1.I. The number of ether oxygens (including phenoxy) is 1. The summed E-state index contributed by atoms with van der Waals surface area (Å²) in [5.41, 5.74) is 0.316. The summed E-state index contributed by atoms with van der Waals surface area (Å²) in [6.45, 7) is 1.06. The Balaban J connectivity index is 0.00000392. The number of guanidine groups is 1. The molecule has 2 N–H and O–H groups in total. The molecule has 1 heterocycles. The maximum Gasteiger partial charge on any atom is 0.387 e. The zero-order valence-electron chi connectivity index (χ0n) is 15.3. The molecule has 1 aliphatic rings. The van der Waals surface area contributed by atoms with E-state index in [0.717, 1.165) is 25.9 Å². The molecule has 6 nitrogen and oxygen atoms in total. The number of amides is 1. The number of carbonyl (C=O) groups is 1. The highest BCUT2D eigenvalue weighted by molar-refractivity contribution is 14.0. The number of hydrogen-bond donors (Lipinski definition) is 2. The first kappa shape index (κ1) is 25.0. The van der Waals surface area contributed by atoms with Gasteiger partial charge in [-0.25, -0.2) is 4.99 Å². The number of aliphatic imine (C=N–C) groups is 1. The number of alkyl halides is 2. The van der Waals surface area contributed by atoms with E-state index in [2.05, 4.69) is 20.4 Å². The van der Waals surface area contributed by atoms with Crippen molar-refractivity contribution in [3.05, 3.63) is 27.7 Å². The lowest BCUT2D eigenvalue weighted by Gasteiger charge is -2.17. The molecule has 1 fully saturated rings. The van der Waals surface area contributed by atoms with E-state index in [1.165, 1.54) is 12.1 Å². The van der Waals surface area contributed by atoms with Crippen LogP contribution in [-0.4, -0.2) is 49.6 Å². The molecule has 1 aromatic rings. The van der Waals surface area contributed by atoms with Crippen LogP contribution in [0.25, 0.3) is 0 Å². The van der Waals surface area contributed by atoms with Gasteiger partial charge in [0.1, 0.15) is 5.75 Å². The van der Waals surface area contributed by atoms with Gasteiger partial charge in [-0.15, -0.1) is 24.0 Å². The quantitative estimate of drug-likeness (QED) is 0.307. The molecule has 1 amide bonds. The number of benzene rings is 1. The molecule has 28 heavy (non-hydrogen) atoms. The molecule has 11 heteroatoms. The summed E-state index contributed by atoms with van der Waals surface area (Å²) in [7, 11) is 0. The third-order valence-corrected chi connectivity index (χ3v) is 4.41. The van der Waals surface area contributed by atoms with E-state index in [-0.39, 0.29) is 58.8 Å². The molecule has 1 aliphatic heterocycles. The summed E-state index contributed by atoms with van der Waals surface area (Å²) in [6.07, 6.45) is 2.03. The van der Waals surface area contributed by atoms with Gasteiger partial charge in [0.15, 0.2) is 5.96 Å². The van der Waals surface area contributed by atoms with E-state index in [1.807, 2.05) is 6.92 Å². The maximum atomic E-state index is 12.6. The summed E-state index contributed by atoms with van der Waals surface area (Å²) >= 11 is 11.9. The number of carbonyl (C=O) groups excluding carboxylic acids is 1. The van der Waals surface area contributed by atoms with Crippen LogP contribution in [0.4, 0.5) is 8.78 Å². The predicted molar refractivity (Wildman–Crippen MR) is 117 cm³/mol. The molecule has 0 aliphatic carbocycles. The van der Waals surface area contributed by atoms with Gasteiger partial charge in [0.25, 0.3) is 0 Å². The molecule has 1 saturated heterocycles. The van der Waals surface area contributed by atoms with Gasteiger partial charge < -0.3 is 20.3 Å². The Morgan fingerprint density at radius 2 is 1.96 bits per heavy atom. The lowest BCUT2D eigenvalue weighted by molar-refractivity contribution is -0.128. The Morgan fingerprint density at radius 3 is 2.57 bits per heavy atom. The summed E-state index contributed by atoms with van der Waals surface area (Å²) in [5.74, 6) is 0.207. The van der Waals surface area contributed by atoms with Gasteiger partial charge in [-0.3, -0.25) is 4.79 Å². The molecule has 0 atom stereocenters. The second kappa shape index (κ2) is 12.5. The number of nitrogens with one attached hydrogen (secondary N) is 2. The average Bonchev–Trinajstić information content (AvgIpc) is 3.14. The topological polar surface area (TPSA) is 66.0 Å². The van der Waals surface area contributed by atoms with Crippen LogP contribution in [0.15, 0.2) is 17.1 Å². The largest absolute Gasteiger partial charge is 0.433 e. The molecule has 0 aromatic heterocycles. The summed E-state index contributed by atoms with van der Waals surface area (Å²) in [5, 5.41) is 6.22. The van der Waals surface area contributed by atoms with Crippen LogP contribution in [0.1, 0.15) is 25.3 Å². The molecule has 2 rings (SSSR count). The second-order valence-corrected chi connectivity index (χ2v) is 6.73. The van der Waals surface area contributed by atoms with Gasteiger partial charge in [0.05, 0.1) is 18.1 Å². The van der Waals surface area contributed by atoms with Crippen molar-refractivity contribution < 1.29 is 18.3 Å². The Morgan fingerprint density at radius 1 is 1.29 bits per heavy atom. The molecule has 1 aromatic carbocycles. The number of nitrogens with zero attached hydrogens (tertiary/aromatic N) is 2. The standard InChI is InChI=1S/C17H22Cl2F2N4O2.HI/c1-2-22-17(24-10-14(26)25-5-3-4-6-25)23-9-11-7-12(18)8-13(19)15(11)27-16(20)21;/h7-8,16H,2-6,9-10H2,1H3,(H2,22,23,24);1H. The van der Waals surface area contributed by atoms with Crippen molar-refractivity contribution in [2.24, 2.45) is 4.99 Å². The average molecular weight is 551 g/mol. The Kier molecular flexibility index (Phi) is 11.1. The van der Waals surface area contributed by atoms with Crippen LogP contribution in [0.3, 0.4) is 0 Å². The summed E-state index contributed by atoms with van der Waals surface area (Å²) < 4.78 is 29.8. The fourth-order valence-corrected chi connectivity index (χ4v) is 3.28. The number of hydrogen-bond acceptors (Lipinski definition) is 3. The molecule has 0 saturated carbocycles. The number of likely N-dealkylation sites (tertiary alicyclic amines) is 1. The Labute approximate surface area is 190 Å². The van der Waals surface area contributed by atoms with E-state index in [0.29, 0.717) is 18.1 Å². The molecule has 0 radical (unpaired) electrons. The predicted octanol–water partition coefficient (Wildman–Crippen LogP) is 3.89. The zero-order chi connectivity index (χ0) is 19.8. The molecule has 0 unspecified atom stereocenters. The third-order valence-electron chi connectivity index (χ3n) is 3.91. The van der Waals surface area contributed by atoms with Crippen molar-refractivity contribution >= 4 is 59.0 Å². The highest BCUT2D eigenvalue weighted by Crippen LogP contribution is 2.34. The summed E-state index contributed by atoms with van der Waals surface area (Å²) in [4.78, 5) is 18.2. The van der Waals surface area contributed by atoms with Crippen LogP contribution in [-0.2, 0) is 11.3 Å². The van der Waals surface area contributed by atoms with Crippen molar-refractivity contribution in [1.82, 2.24) is 15.5 Å². The lowest BCUT2D eigenvalue weighted by Crippen LogP contribution is -2.44. The third kappa shape index (κ3) is 7.75. The second-order valence-electron chi connectivity index (χ2n) is 5.89. The van der Waals surface area contributed by atoms with Crippen molar-refractivity contribution in [3.63, 3.8) is 0 Å². The first-order valence-electron chi connectivity index (χ1n) is 8.63. The first-order valence-corrected chi connectivity index (χ1v) is 9.39. The highest BCUT2D eigenvalue weighted by Gasteiger charge is 2.18. The van der Waals surface area contributed by atoms with Gasteiger partial charge in [-0.2, -0.15) is 8.78 Å². The fourth-order valence-electron chi connectivity index (χ4n) is 2.70. The highest BCUT2D eigenvalue weighted by atomic mass is 127. The van der Waals surface area contributed by atoms with Gasteiger partial charge >= 0.3 is 6.61 Å². The minimum Gasteiger partial charge on any atom is -0.433 e. The van der Waals surface area contributed by atoms with E-state index in [4.69, 9.17) is 23.2 Å². The zero-order valence-corrected chi connectivity index (χ0v) is 19.2. The van der Waals surface area contributed by atoms with E-state index >= 15 is 0 Å². The van der Waals surface area contributed by atoms with Crippen LogP contribution >= 0.6 is 47.2 Å². The maximum absolute atomic E-state index is 12.6. The van der Waals surface area contributed by atoms with Crippen molar-refractivity contribution in [3.8, 4) is 5.75 Å². The van der Waals surface area contributed by atoms with Gasteiger partial charge in [0.2, 0.25) is 5.91 Å². The van der Waals surface area contributed by atoms with Crippen LogP contribution in [0.2, 0.25) is 10.0 Å². The smallest absolute Gasteiger partial charge is 0.387 e. The van der Waals surface area contributed by atoms with Gasteiger partial charge in [0, 0.05) is 30.2 Å². The minimum absolute atomic E-state index is 0.